The number of likely N-dealkylation sites (tertiary alicyclic amines) is 1. The molecule has 6 rings (SSSR count). The van der Waals surface area contributed by atoms with Gasteiger partial charge in [-0.05, 0) is 92.8 Å². The summed E-state index contributed by atoms with van der Waals surface area (Å²) in [6, 6.07) is 9.88. The van der Waals surface area contributed by atoms with E-state index in [4.69, 9.17) is 16.3 Å². The number of ether oxygens (including phenoxy) is 1. The van der Waals surface area contributed by atoms with E-state index in [9.17, 15) is 29.1 Å². The normalized spacial score (nSPS) is 23.6. The minimum absolute atomic E-state index is 0.115. The van der Waals surface area contributed by atoms with Gasteiger partial charge in [-0.2, -0.15) is 0 Å². The molecule has 14 heteroatoms. The quantitative estimate of drug-likeness (QED) is 0.271. The zero-order valence-corrected chi connectivity index (χ0v) is 29.0. The Balaban J connectivity index is 1.24. The van der Waals surface area contributed by atoms with Crippen molar-refractivity contribution >= 4 is 52.0 Å². The van der Waals surface area contributed by atoms with Crippen molar-refractivity contribution < 1.29 is 33.8 Å². The Hall–Kier alpha value is -4.62. The Morgan fingerprint density at radius 1 is 1.04 bits per heavy atom. The Bertz CT molecular complexity index is 1800. The zero-order valence-electron chi connectivity index (χ0n) is 28.2. The summed E-state index contributed by atoms with van der Waals surface area (Å²) in [6.45, 7) is 3.94. The van der Waals surface area contributed by atoms with Crippen molar-refractivity contribution in [1.82, 2.24) is 30.7 Å². The maximum absolute atomic E-state index is 13.8. The molecule has 0 saturated carbocycles. The van der Waals surface area contributed by atoms with Gasteiger partial charge in [0.1, 0.15) is 29.6 Å². The lowest BCUT2D eigenvalue weighted by molar-refractivity contribution is -0.142. The minimum atomic E-state index is -1.23. The van der Waals surface area contributed by atoms with Crippen molar-refractivity contribution in [2.24, 2.45) is 5.41 Å². The molecule has 0 aliphatic carbocycles. The number of carbonyl (C=O) groups excluding carboxylic acids is 5. The minimum Gasteiger partial charge on any atom is -0.484 e. The fraction of sp³-hybridized carbons (Fsp3) is 0.472. The van der Waals surface area contributed by atoms with Crippen LogP contribution in [0.1, 0.15) is 54.2 Å². The van der Waals surface area contributed by atoms with Crippen LogP contribution in [0.4, 0.5) is 0 Å². The number of hydrogen-bond donors (Lipinski definition) is 5. The number of aliphatic hydroxyl groups excluding tert-OH is 1. The highest BCUT2D eigenvalue weighted by Gasteiger charge is 2.40. The van der Waals surface area contributed by atoms with E-state index in [0.29, 0.717) is 68.2 Å². The second kappa shape index (κ2) is 14.7. The molecule has 3 aliphatic heterocycles. The highest BCUT2D eigenvalue weighted by molar-refractivity contribution is 6.31. The molecule has 50 heavy (non-hydrogen) atoms. The monoisotopic (exact) mass is 706 g/mol. The third kappa shape index (κ3) is 7.43. The number of H-pyrrole nitrogens is 1. The molecule has 2 bridgehead atoms. The van der Waals surface area contributed by atoms with E-state index in [1.54, 1.807) is 19.1 Å². The van der Waals surface area contributed by atoms with Gasteiger partial charge in [0.2, 0.25) is 17.7 Å². The average molecular weight is 707 g/mol. The highest BCUT2D eigenvalue weighted by atomic mass is 35.5. The summed E-state index contributed by atoms with van der Waals surface area (Å²) in [5, 5.41) is 19.9. The number of piperidine rings is 1. The number of benzene rings is 2. The van der Waals surface area contributed by atoms with Gasteiger partial charge < -0.3 is 40.6 Å². The first-order chi connectivity index (χ1) is 24.0. The lowest BCUT2D eigenvalue weighted by Gasteiger charge is -2.42. The molecule has 5 amide bonds. The van der Waals surface area contributed by atoms with Crippen LogP contribution in [0.25, 0.3) is 10.9 Å². The third-order valence-corrected chi connectivity index (χ3v) is 10.5. The molecule has 0 radical (unpaired) electrons. The summed E-state index contributed by atoms with van der Waals surface area (Å²) in [5.74, 6) is -1.63. The van der Waals surface area contributed by atoms with Gasteiger partial charge in [0.25, 0.3) is 11.8 Å². The van der Waals surface area contributed by atoms with E-state index in [2.05, 4.69) is 20.9 Å². The maximum Gasteiger partial charge on any atom is 0.270 e. The first-order valence-corrected chi connectivity index (χ1v) is 17.4. The average Bonchev–Trinajstić information content (AvgIpc) is 3.73. The van der Waals surface area contributed by atoms with E-state index in [1.165, 1.54) is 4.90 Å². The Kier molecular flexibility index (Phi) is 10.4. The summed E-state index contributed by atoms with van der Waals surface area (Å²) < 4.78 is 5.81. The molecule has 2 fully saturated rings. The van der Waals surface area contributed by atoms with Crippen LogP contribution in [0.2, 0.25) is 5.02 Å². The van der Waals surface area contributed by atoms with Crippen LogP contribution in [0.3, 0.4) is 0 Å². The van der Waals surface area contributed by atoms with E-state index in [-0.39, 0.29) is 19.1 Å². The van der Waals surface area contributed by atoms with Crippen molar-refractivity contribution in [2.75, 3.05) is 39.4 Å². The van der Waals surface area contributed by atoms with Crippen LogP contribution in [0.15, 0.2) is 42.5 Å². The number of aliphatic hydroxyl groups is 1. The van der Waals surface area contributed by atoms with Crippen LogP contribution in [-0.4, -0.2) is 107 Å². The van der Waals surface area contributed by atoms with Crippen LogP contribution in [0, 0.1) is 12.3 Å². The molecule has 3 atom stereocenters. The fourth-order valence-corrected chi connectivity index (χ4v) is 7.53. The molecule has 4 heterocycles. The predicted molar refractivity (Wildman–Crippen MR) is 186 cm³/mol. The summed E-state index contributed by atoms with van der Waals surface area (Å²) in [7, 11) is 0. The fourth-order valence-electron chi connectivity index (χ4n) is 7.35. The van der Waals surface area contributed by atoms with Crippen molar-refractivity contribution in [3.05, 3.63) is 64.3 Å². The smallest absolute Gasteiger partial charge is 0.270 e. The number of amides is 5. The Morgan fingerprint density at radius 3 is 2.58 bits per heavy atom. The number of aryl methyl sites for hydroxylation is 1. The lowest BCUT2D eigenvalue weighted by Crippen LogP contribution is -2.57. The number of aromatic amines is 1. The SMILES string of the molecule is Cc1c(C(=O)N2CCC3(CC2)CNC(=O)[C@H](CO)NC(=O)[C@@H]2CCCN2C(=O)[C@H](C)NC(=O)COc2cccc(c2)C3)[nH]c2ccc(Cl)cc12. The number of nitrogens with one attached hydrogen (secondary N) is 4. The summed E-state index contributed by atoms with van der Waals surface area (Å²) >= 11 is 6.21. The van der Waals surface area contributed by atoms with Gasteiger partial charge in [-0.3, -0.25) is 24.0 Å². The Labute approximate surface area is 295 Å². The first-order valence-electron chi connectivity index (χ1n) is 17.0. The molecule has 3 aromatic rings. The van der Waals surface area contributed by atoms with Gasteiger partial charge in [-0.15, -0.1) is 0 Å². The standard InChI is InChI=1S/C36H43ClN6O7/c1-21-26-16-24(37)8-9-27(26)40-31(21)35(49)42-13-10-36(11-14-42)17-23-5-3-6-25(15-23)50-19-30(45)39-22(2)34(48)43-12-4-7-29(43)33(47)41-28(18-44)32(46)38-20-36/h3,5-6,8-9,15-16,22,28-29,40,44H,4,7,10-14,17-20H2,1-2H3,(H,38,46)(H,39,45)(H,41,47)/t22-,28-,29-/m0/s1. The number of halogens is 1. The summed E-state index contributed by atoms with van der Waals surface area (Å²) in [6.07, 6.45) is 2.62. The second-order valence-electron chi connectivity index (χ2n) is 13.7. The van der Waals surface area contributed by atoms with E-state index in [0.717, 1.165) is 22.0 Å². The van der Waals surface area contributed by atoms with Crippen LogP contribution < -0.4 is 20.7 Å². The van der Waals surface area contributed by atoms with Gasteiger partial charge in [0.15, 0.2) is 6.61 Å². The molecule has 5 N–H and O–H groups in total. The molecule has 13 nitrogen and oxygen atoms in total. The van der Waals surface area contributed by atoms with Gasteiger partial charge in [-0.1, -0.05) is 23.7 Å². The molecule has 266 valence electrons. The number of aromatic nitrogens is 1. The molecule has 1 aromatic heterocycles. The van der Waals surface area contributed by atoms with Gasteiger partial charge in [0, 0.05) is 42.1 Å². The van der Waals surface area contributed by atoms with Crippen molar-refractivity contribution in [3.8, 4) is 5.75 Å². The number of hydrogen-bond acceptors (Lipinski definition) is 7. The molecule has 2 saturated heterocycles. The van der Waals surface area contributed by atoms with E-state index in [1.807, 2.05) is 42.2 Å². The molecule has 2 aromatic carbocycles. The maximum atomic E-state index is 13.8. The Morgan fingerprint density at radius 2 is 1.82 bits per heavy atom. The molecule has 0 unspecified atom stereocenters. The van der Waals surface area contributed by atoms with Crippen LogP contribution in [0.5, 0.6) is 5.75 Å². The summed E-state index contributed by atoms with van der Waals surface area (Å²) in [4.78, 5) is 73.0. The van der Waals surface area contributed by atoms with Crippen molar-refractivity contribution in [1.29, 1.82) is 0 Å². The highest BCUT2D eigenvalue weighted by Crippen LogP contribution is 2.37. The second-order valence-corrected chi connectivity index (χ2v) is 14.1. The first kappa shape index (κ1) is 35.2. The lowest BCUT2D eigenvalue weighted by atomic mass is 9.73. The number of rotatable bonds is 2. The predicted octanol–water partition coefficient (Wildman–Crippen LogP) is 2.08. The van der Waals surface area contributed by atoms with E-state index >= 15 is 0 Å². The van der Waals surface area contributed by atoms with Crippen molar-refractivity contribution in [2.45, 2.75) is 64.1 Å². The van der Waals surface area contributed by atoms with Crippen molar-refractivity contribution in [3.63, 3.8) is 0 Å². The van der Waals surface area contributed by atoms with Crippen LogP contribution >= 0.6 is 11.6 Å². The van der Waals surface area contributed by atoms with Gasteiger partial charge >= 0.3 is 0 Å². The molecule has 3 aliphatic rings. The third-order valence-electron chi connectivity index (χ3n) is 10.2. The zero-order chi connectivity index (χ0) is 35.6. The van der Waals surface area contributed by atoms with E-state index < -0.39 is 53.8 Å². The van der Waals surface area contributed by atoms with Gasteiger partial charge in [-0.25, -0.2) is 0 Å². The molecule has 1 spiro atoms. The molecular weight excluding hydrogens is 664 g/mol. The number of fused-ring (bicyclic) bond motifs is 4. The largest absolute Gasteiger partial charge is 0.484 e. The van der Waals surface area contributed by atoms with Crippen LogP contribution in [-0.2, 0) is 25.6 Å². The topological polar surface area (TPSA) is 173 Å². The molecular formula is C36H43ClN6O7. The summed E-state index contributed by atoms with van der Waals surface area (Å²) in [5.41, 5.74) is 2.60. The number of nitrogens with zero attached hydrogens (tertiary/aromatic N) is 2. The van der Waals surface area contributed by atoms with Gasteiger partial charge in [0.05, 0.1) is 6.61 Å². The number of carbonyl (C=O) groups is 5.